The van der Waals surface area contributed by atoms with Gasteiger partial charge in [-0.15, -0.1) is 0 Å². The molecule has 2 aromatic rings. The third-order valence-electron chi connectivity index (χ3n) is 8.19. The number of benzene rings is 2. The minimum atomic E-state index is -1.61. The van der Waals surface area contributed by atoms with E-state index in [-0.39, 0.29) is 40.7 Å². The van der Waals surface area contributed by atoms with Crippen molar-refractivity contribution in [2.45, 2.75) is 72.8 Å². The monoisotopic (exact) mass is 533 g/mol. The van der Waals surface area contributed by atoms with E-state index in [1.165, 1.54) is 32.6 Å². The molecule has 4 rings (SSSR count). The summed E-state index contributed by atoms with van der Waals surface area (Å²) in [5.74, 6) is -4.38. The molecular formula is C31H35NO7. The highest BCUT2D eigenvalue weighted by molar-refractivity contribution is 6.27. The lowest BCUT2D eigenvalue weighted by molar-refractivity contribution is -0.140. The van der Waals surface area contributed by atoms with Crippen LogP contribution < -0.4 is 14.8 Å². The second kappa shape index (κ2) is 10.3. The molecule has 8 heteroatoms. The summed E-state index contributed by atoms with van der Waals surface area (Å²) in [6.45, 7) is 11.2. The lowest BCUT2D eigenvalue weighted by Gasteiger charge is -2.30. The van der Waals surface area contributed by atoms with Gasteiger partial charge in [0.2, 0.25) is 0 Å². The van der Waals surface area contributed by atoms with Gasteiger partial charge in [-0.25, -0.2) is 0 Å². The molecule has 0 saturated carbocycles. The normalized spacial score (nSPS) is 19.7. The number of allylic oxidation sites excluding steroid dienone is 2. The van der Waals surface area contributed by atoms with Crippen molar-refractivity contribution in [2.75, 3.05) is 7.11 Å². The predicted octanol–water partition coefficient (Wildman–Crippen LogP) is 4.49. The first-order valence-electron chi connectivity index (χ1n) is 13.2. The minimum Gasteiger partial charge on any atom is -0.507 e. The Morgan fingerprint density at radius 3 is 2.46 bits per heavy atom. The Morgan fingerprint density at radius 2 is 1.85 bits per heavy atom. The fourth-order valence-electron chi connectivity index (χ4n) is 5.69. The standard InChI is InChI=1S/C31H35NO7/c1-8-9-10-19-11-15(2)16(3)20(17(19)4)14-32-30(37)26-23(38-7)12-22(35)27-28(26)39-24-13-21(34)25(18(5)33)29(36)31(24,27)6/h11-13,25,35H,8-10,14H2,1-7H3,(H,32,37)/t25?,31-/m1/s1. The number of rotatable bonds is 8. The molecule has 0 spiro atoms. The van der Waals surface area contributed by atoms with Gasteiger partial charge in [0.1, 0.15) is 39.9 Å². The number of nitrogens with one attached hydrogen (secondary N) is 1. The number of ketones is 3. The zero-order chi connectivity index (χ0) is 28.8. The van der Waals surface area contributed by atoms with Crippen LogP contribution in [-0.2, 0) is 32.8 Å². The summed E-state index contributed by atoms with van der Waals surface area (Å²) >= 11 is 0. The molecule has 8 nitrogen and oxygen atoms in total. The third kappa shape index (κ3) is 4.41. The van der Waals surface area contributed by atoms with Crippen molar-refractivity contribution in [3.05, 3.63) is 62.9 Å². The average molecular weight is 534 g/mol. The van der Waals surface area contributed by atoms with Crippen LogP contribution in [-0.4, -0.2) is 35.5 Å². The van der Waals surface area contributed by atoms with E-state index < -0.39 is 34.6 Å². The van der Waals surface area contributed by atoms with Gasteiger partial charge in [0.05, 0.1) is 12.7 Å². The molecular weight excluding hydrogens is 498 g/mol. The van der Waals surface area contributed by atoms with Crippen molar-refractivity contribution in [1.82, 2.24) is 5.32 Å². The van der Waals surface area contributed by atoms with Gasteiger partial charge in [-0.2, -0.15) is 0 Å². The molecule has 2 aromatic carbocycles. The number of methoxy groups -OCH3 is 1. The maximum absolute atomic E-state index is 13.7. The summed E-state index contributed by atoms with van der Waals surface area (Å²) < 4.78 is 11.4. The molecule has 0 fully saturated rings. The van der Waals surface area contributed by atoms with Crippen molar-refractivity contribution in [1.29, 1.82) is 0 Å². The molecule has 1 amide bonds. The van der Waals surface area contributed by atoms with E-state index in [4.69, 9.17) is 9.47 Å². The molecule has 1 unspecified atom stereocenters. The molecule has 0 aromatic heterocycles. The maximum atomic E-state index is 13.7. The fourth-order valence-corrected chi connectivity index (χ4v) is 5.69. The smallest absolute Gasteiger partial charge is 0.259 e. The van der Waals surface area contributed by atoms with Gasteiger partial charge in [-0.3, -0.25) is 19.2 Å². The molecule has 39 heavy (non-hydrogen) atoms. The van der Waals surface area contributed by atoms with E-state index in [1.807, 2.05) is 6.92 Å². The molecule has 2 N–H and O–H groups in total. The largest absolute Gasteiger partial charge is 0.507 e. The Morgan fingerprint density at radius 1 is 1.15 bits per heavy atom. The number of carbonyl (C=O) groups is 4. The first-order chi connectivity index (χ1) is 18.4. The molecule has 0 saturated heterocycles. The highest BCUT2D eigenvalue weighted by atomic mass is 16.5. The Hall–Kier alpha value is -3.94. The average Bonchev–Trinajstić information content (AvgIpc) is 3.18. The van der Waals surface area contributed by atoms with Crippen LogP contribution in [0.3, 0.4) is 0 Å². The first-order valence-corrected chi connectivity index (χ1v) is 13.2. The molecule has 206 valence electrons. The van der Waals surface area contributed by atoms with Crippen LogP contribution in [0, 0.1) is 26.7 Å². The van der Waals surface area contributed by atoms with E-state index in [9.17, 15) is 24.3 Å². The third-order valence-corrected chi connectivity index (χ3v) is 8.19. The Balaban J connectivity index is 1.77. The summed E-state index contributed by atoms with van der Waals surface area (Å²) in [6.07, 6.45) is 4.22. The number of Topliss-reactive ketones (excluding diaryl/α,β-unsaturated/α-hetero) is 2. The van der Waals surface area contributed by atoms with Crippen LogP contribution in [0.2, 0.25) is 0 Å². The van der Waals surface area contributed by atoms with Crippen molar-refractivity contribution < 1.29 is 33.8 Å². The van der Waals surface area contributed by atoms with Gasteiger partial charge < -0.3 is 19.9 Å². The van der Waals surface area contributed by atoms with Crippen LogP contribution in [0.1, 0.15) is 77.4 Å². The molecule has 1 aliphatic heterocycles. The van der Waals surface area contributed by atoms with Gasteiger partial charge >= 0.3 is 0 Å². The molecule has 2 atom stereocenters. The molecule has 0 bridgehead atoms. The number of amides is 1. The van der Waals surface area contributed by atoms with Gasteiger partial charge in [-0.05, 0) is 75.3 Å². The van der Waals surface area contributed by atoms with Gasteiger partial charge in [0.25, 0.3) is 5.91 Å². The number of ether oxygens (including phenoxy) is 2. The number of unbranched alkanes of at least 4 members (excludes halogenated alkanes) is 1. The lowest BCUT2D eigenvalue weighted by atomic mass is 9.67. The summed E-state index contributed by atoms with van der Waals surface area (Å²) in [7, 11) is 1.36. The Bertz CT molecular complexity index is 1450. The summed E-state index contributed by atoms with van der Waals surface area (Å²) in [4.78, 5) is 51.9. The van der Waals surface area contributed by atoms with Crippen molar-refractivity contribution in [3.63, 3.8) is 0 Å². The molecule has 0 radical (unpaired) electrons. The zero-order valence-electron chi connectivity index (χ0n) is 23.5. The topological polar surface area (TPSA) is 119 Å². The highest BCUT2D eigenvalue weighted by Crippen LogP contribution is 2.56. The van der Waals surface area contributed by atoms with Crippen molar-refractivity contribution in [2.24, 2.45) is 5.92 Å². The number of aromatic hydroxyl groups is 1. The highest BCUT2D eigenvalue weighted by Gasteiger charge is 2.58. The fraction of sp³-hybridized carbons (Fsp3) is 0.419. The van der Waals surface area contributed by atoms with Crippen molar-refractivity contribution >= 4 is 23.3 Å². The number of hydrogen-bond acceptors (Lipinski definition) is 7. The second-order valence-corrected chi connectivity index (χ2v) is 10.6. The van der Waals surface area contributed by atoms with Gasteiger partial charge in [0, 0.05) is 18.7 Å². The van der Waals surface area contributed by atoms with E-state index in [1.54, 1.807) is 0 Å². The van der Waals surface area contributed by atoms with Crippen LogP contribution in [0.15, 0.2) is 24.0 Å². The summed E-state index contributed by atoms with van der Waals surface area (Å²) in [5, 5.41) is 13.9. The van der Waals surface area contributed by atoms with Crippen LogP contribution in [0.4, 0.5) is 0 Å². The quantitative estimate of drug-likeness (QED) is 0.480. The van der Waals surface area contributed by atoms with E-state index in [0.717, 1.165) is 47.6 Å². The maximum Gasteiger partial charge on any atom is 0.259 e. The molecule has 1 heterocycles. The first kappa shape index (κ1) is 28.1. The van der Waals surface area contributed by atoms with E-state index in [0.29, 0.717) is 0 Å². The van der Waals surface area contributed by atoms with Crippen LogP contribution in [0.5, 0.6) is 17.2 Å². The van der Waals surface area contributed by atoms with Crippen LogP contribution >= 0.6 is 0 Å². The van der Waals surface area contributed by atoms with Crippen molar-refractivity contribution in [3.8, 4) is 17.2 Å². The second-order valence-electron chi connectivity index (χ2n) is 10.6. The van der Waals surface area contributed by atoms with Crippen LogP contribution in [0.25, 0.3) is 0 Å². The number of phenols is 1. The number of aryl methyl sites for hydroxylation is 2. The lowest BCUT2D eigenvalue weighted by Crippen LogP contribution is -2.47. The minimum absolute atomic E-state index is 0.00406. The predicted molar refractivity (Wildman–Crippen MR) is 145 cm³/mol. The SMILES string of the molecule is CCCCc1cc(C)c(C)c(CNC(=O)c2c(OC)cc(O)c3c2OC2=CC(=O)C(C(C)=O)C(=O)[C@]23C)c1C. The number of fused-ring (bicyclic) bond motifs is 3. The van der Waals surface area contributed by atoms with Gasteiger partial charge in [-0.1, -0.05) is 19.4 Å². The number of phenolic OH excluding ortho intramolecular Hbond substituents is 1. The number of hydrogen-bond donors (Lipinski definition) is 2. The zero-order valence-corrected chi connectivity index (χ0v) is 23.5. The van der Waals surface area contributed by atoms with E-state index in [2.05, 4.69) is 32.2 Å². The molecule has 1 aliphatic carbocycles. The number of carbonyl (C=O) groups excluding carboxylic acids is 4. The Labute approximate surface area is 228 Å². The molecule has 2 aliphatic rings. The van der Waals surface area contributed by atoms with Gasteiger partial charge in [0.15, 0.2) is 17.3 Å². The Kier molecular flexibility index (Phi) is 7.43. The summed E-state index contributed by atoms with van der Waals surface area (Å²) in [5.41, 5.74) is 4.08. The van der Waals surface area contributed by atoms with E-state index >= 15 is 0 Å². The summed E-state index contributed by atoms with van der Waals surface area (Å²) in [6, 6.07) is 3.46.